The van der Waals surface area contributed by atoms with Crippen molar-refractivity contribution < 1.29 is 0 Å². The lowest BCUT2D eigenvalue weighted by Gasteiger charge is -2.31. The van der Waals surface area contributed by atoms with E-state index in [4.69, 9.17) is 0 Å². The number of aromatic nitrogens is 1. The highest BCUT2D eigenvalue weighted by atomic mass is 32.2. The first-order chi connectivity index (χ1) is 9.34. The smallest absolute Gasteiger partial charge is 0.0368 e. The SMILES string of the molecule is CC1CSc2ccccc2C1NCc1cccnc1. The van der Waals surface area contributed by atoms with Gasteiger partial charge in [0.1, 0.15) is 0 Å². The molecule has 1 aliphatic rings. The van der Waals surface area contributed by atoms with E-state index < -0.39 is 0 Å². The fourth-order valence-corrected chi connectivity index (χ4v) is 3.71. The second kappa shape index (κ2) is 5.76. The molecule has 2 nitrogen and oxygen atoms in total. The second-order valence-corrected chi connectivity index (χ2v) is 6.11. The minimum atomic E-state index is 0.442. The first kappa shape index (κ1) is 12.7. The molecule has 2 unspecified atom stereocenters. The van der Waals surface area contributed by atoms with E-state index in [1.807, 2.05) is 30.2 Å². The summed E-state index contributed by atoms with van der Waals surface area (Å²) in [6.45, 7) is 3.20. The summed E-state index contributed by atoms with van der Waals surface area (Å²) in [5.74, 6) is 1.83. The van der Waals surface area contributed by atoms with Crippen LogP contribution in [-0.2, 0) is 6.54 Å². The van der Waals surface area contributed by atoms with Crippen LogP contribution in [0.1, 0.15) is 24.1 Å². The van der Waals surface area contributed by atoms with Gasteiger partial charge in [-0.1, -0.05) is 31.2 Å². The molecule has 0 spiro atoms. The van der Waals surface area contributed by atoms with Crippen molar-refractivity contribution in [2.45, 2.75) is 24.4 Å². The Balaban J connectivity index is 1.77. The van der Waals surface area contributed by atoms with Gasteiger partial charge in [0.15, 0.2) is 0 Å². The van der Waals surface area contributed by atoms with Gasteiger partial charge in [0, 0.05) is 35.6 Å². The van der Waals surface area contributed by atoms with E-state index in [-0.39, 0.29) is 0 Å². The van der Waals surface area contributed by atoms with Crippen molar-refractivity contribution in [2.24, 2.45) is 5.92 Å². The normalized spacial score (nSPS) is 21.9. The first-order valence-corrected chi connectivity index (χ1v) is 7.67. The minimum Gasteiger partial charge on any atom is -0.305 e. The topological polar surface area (TPSA) is 24.9 Å². The molecule has 0 amide bonds. The molecule has 1 aliphatic heterocycles. The molecule has 0 saturated heterocycles. The Labute approximate surface area is 118 Å². The summed E-state index contributed by atoms with van der Waals surface area (Å²) in [6.07, 6.45) is 3.75. The maximum atomic E-state index is 4.17. The summed E-state index contributed by atoms with van der Waals surface area (Å²) in [6, 6.07) is 13.3. The lowest BCUT2D eigenvalue weighted by atomic mass is 9.95. The quantitative estimate of drug-likeness (QED) is 0.921. The Morgan fingerprint density at radius 3 is 3.00 bits per heavy atom. The zero-order valence-corrected chi connectivity index (χ0v) is 11.9. The average molecular weight is 270 g/mol. The summed E-state index contributed by atoms with van der Waals surface area (Å²) in [4.78, 5) is 5.59. The molecule has 1 aromatic heterocycles. The molecule has 1 aromatic carbocycles. The van der Waals surface area contributed by atoms with Gasteiger partial charge in [-0.15, -0.1) is 11.8 Å². The highest BCUT2D eigenvalue weighted by molar-refractivity contribution is 7.99. The molecule has 0 saturated carbocycles. The Morgan fingerprint density at radius 1 is 1.26 bits per heavy atom. The molecule has 2 aromatic rings. The summed E-state index contributed by atoms with van der Waals surface area (Å²) in [5.41, 5.74) is 2.68. The van der Waals surface area contributed by atoms with Crippen LogP contribution in [0.4, 0.5) is 0 Å². The number of hydrogen-bond donors (Lipinski definition) is 1. The Kier molecular flexibility index (Phi) is 3.85. The predicted octanol–water partition coefficient (Wildman–Crippen LogP) is 3.65. The molecule has 0 radical (unpaired) electrons. The van der Waals surface area contributed by atoms with Gasteiger partial charge in [-0.25, -0.2) is 0 Å². The van der Waals surface area contributed by atoms with Crippen LogP contribution in [0, 0.1) is 5.92 Å². The molecule has 19 heavy (non-hydrogen) atoms. The van der Waals surface area contributed by atoms with Crippen molar-refractivity contribution in [3.8, 4) is 0 Å². The zero-order chi connectivity index (χ0) is 13.1. The average Bonchev–Trinajstić information content (AvgIpc) is 2.47. The van der Waals surface area contributed by atoms with Crippen molar-refractivity contribution in [3.63, 3.8) is 0 Å². The summed E-state index contributed by atoms with van der Waals surface area (Å²) >= 11 is 1.97. The van der Waals surface area contributed by atoms with E-state index in [1.54, 1.807) is 0 Å². The molecule has 3 rings (SSSR count). The highest BCUT2D eigenvalue weighted by Gasteiger charge is 2.26. The third-order valence-corrected chi connectivity index (χ3v) is 4.95. The zero-order valence-electron chi connectivity index (χ0n) is 11.0. The maximum Gasteiger partial charge on any atom is 0.0368 e. The number of nitrogens with zero attached hydrogens (tertiary/aromatic N) is 1. The van der Waals surface area contributed by atoms with Gasteiger partial charge in [0.05, 0.1) is 0 Å². The number of thioether (sulfide) groups is 1. The van der Waals surface area contributed by atoms with Gasteiger partial charge in [-0.2, -0.15) is 0 Å². The van der Waals surface area contributed by atoms with E-state index in [2.05, 4.69) is 47.6 Å². The first-order valence-electron chi connectivity index (χ1n) is 6.68. The number of nitrogens with one attached hydrogen (secondary N) is 1. The predicted molar refractivity (Wildman–Crippen MR) is 80.1 cm³/mol. The molecule has 2 heterocycles. The van der Waals surface area contributed by atoms with E-state index in [9.17, 15) is 0 Å². The lowest BCUT2D eigenvalue weighted by molar-refractivity contribution is 0.405. The molecule has 1 N–H and O–H groups in total. The number of hydrogen-bond acceptors (Lipinski definition) is 3. The number of pyridine rings is 1. The third kappa shape index (κ3) is 2.82. The summed E-state index contributed by atoms with van der Waals surface area (Å²) < 4.78 is 0. The van der Waals surface area contributed by atoms with Crippen LogP contribution in [0.3, 0.4) is 0 Å². The standard InChI is InChI=1S/C16H18N2S/c1-12-11-19-15-7-3-2-6-14(15)16(12)18-10-13-5-4-8-17-9-13/h2-9,12,16,18H,10-11H2,1H3. The van der Waals surface area contributed by atoms with Crippen LogP contribution < -0.4 is 5.32 Å². The maximum absolute atomic E-state index is 4.17. The molecule has 2 atom stereocenters. The van der Waals surface area contributed by atoms with Gasteiger partial charge >= 0.3 is 0 Å². The number of benzene rings is 1. The van der Waals surface area contributed by atoms with Crippen LogP contribution in [0.25, 0.3) is 0 Å². The molecule has 98 valence electrons. The lowest BCUT2D eigenvalue weighted by Crippen LogP contribution is -2.30. The molecular formula is C16H18N2S. The van der Waals surface area contributed by atoms with E-state index in [0.29, 0.717) is 12.0 Å². The van der Waals surface area contributed by atoms with Crippen molar-refractivity contribution in [3.05, 3.63) is 59.9 Å². The van der Waals surface area contributed by atoms with Crippen molar-refractivity contribution >= 4 is 11.8 Å². The molecular weight excluding hydrogens is 252 g/mol. The van der Waals surface area contributed by atoms with Gasteiger partial charge in [0.25, 0.3) is 0 Å². The summed E-state index contributed by atoms with van der Waals surface area (Å²) in [7, 11) is 0. The Hall–Kier alpha value is -1.32. The second-order valence-electron chi connectivity index (χ2n) is 5.05. The third-order valence-electron chi connectivity index (χ3n) is 3.57. The molecule has 0 aliphatic carbocycles. The highest BCUT2D eigenvalue weighted by Crippen LogP contribution is 2.39. The van der Waals surface area contributed by atoms with Crippen molar-refractivity contribution in [1.82, 2.24) is 10.3 Å². The van der Waals surface area contributed by atoms with Crippen molar-refractivity contribution in [1.29, 1.82) is 0 Å². The van der Waals surface area contributed by atoms with E-state index in [0.717, 1.165) is 6.54 Å². The molecule has 0 fully saturated rings. The number of rotatable bonds is 3. The fourth-order valence-electron chi connectivity index (χ4n) is 2.53. The molecule has 3 heteroatoms. The van der Waals surface area contributed by atoms with Crippen LogP contribution in [-0.4, -0.2) is 10.7 Å². The monoisotopic (exact) mass is 270 g/mol. The minimum absolute atomic E-state index is 0.442. The fraction of sp³-hybridized carbons (Fsp3) is 0.312. The van der Waals surface area contributed by atoms with Gasteiger partial charge in [0.2, 0.25) is 0 Å². The van der Waals surface area contributed by atoms with Crippen LogP contribution in [0.5, 0.6) is 0 Å². The van der Waals surface area contributed by atoms with Crippen LogP contribution in [0.2, 0.25) is 0 Å². The number of fused-ring (bicyclic) bond motifs is 1. The van der Waals surface area contributed by atoms with Crippen LogP contribution in [0.15, 0.2) is 53.7 Å². The largest absolute Gasteiger partial charge is 0.305 e. The van der Waals surface area contributed by atoms with Crippen LogP contribution >= 0.6 is 11.8 Å². The van der Waals surface area contributed by atoms with E-state index in [1.165, 1.54) is 21.8 Å². The van der Waals surface area contributed by atoms with Gasteiger partial charge in [-0.05, 0) is 29.2 Å². The Bertz CT molecular complexity index is 541. The van der Waals surface area contributed by atoms with Crippen molar-refractivity contribution in [2.75, 3.05) is 5.75 Å². The van der Waals surface area contributed by atoms with E-state index >= 15 is 0 Å². The van der Waals surface area contributed by atoms with Gasteiger partial charge in [-0.3, -0.25) is 4.98 Å². The summed E-state index contributed by atoms with van der Waals surface area (Å²) in [5, 5.41) is 3.69. The van der Waals surface area contributed by atoms with Gasteiger partial charge < -0.3 is 5.32 Å². The Morgan fingerprint density at radius 2 is 2.16 bits per heavy atom. The molecule has 0 bridgehead atoms.